The summed E-state index contributed by atoms with van der Waals surface area (Å²) in [6.07, 6.45) is 0. The minimum atomic E-state index is -0.876. The third-order valence-corrected chi connectivity index (χ3v) is 2.95. The van der Waals surface area contributed by atoms with E-state index in [4.69, 9.17) is 20.8 Å². The minimum absolute atomic E-state index is 0.220. The van der Waals surface area contributed by atoms with E-state index in [-0.39, 0.29) is 22.6 Å². The van der Waals surface area contributed by atoms with Crippen LogP contribution in [0.3, 0.4) is 0 Å². The predicted octanol–water partition coefficient (Wildman–Crippen LogP) is 1.69. The van der Waals surface area contributed by atoms with Gasteiger partial charge < -0.3 is 14.1 Å². The Morgan fingerprint density at radius 2 is 2.00 bits per heavy atom. The Balaban J connectivity index is 2.26. The van der Waals surface area contributed by atoms with Crippen molar-refractivity contribution < 1.29 is 18.7 Å². The maximum atomic E-state index is 11.9. The number of hydrogen-bond donors (Lipinski definition) is 0. The van der Waals surface area contributed by atoms with Crippen LogP contribution in [0.5, 0.6) is 0 Å². The van der Waals surface area contributed by atoms with Crippen molar-refractivity contribution in [1.82, 2.24) is 4.90 Å². The van der Waals surface area contributed by atoms with E-state index in [9.17, 15) is 14.4 Å². The van der Waals surface area contributed by atoms with E-state index in [2.05, 4.69) is 0 Å². The van der Waals surface area contributed by atoms with Crippen molar-refractivity contribution in [3.8, 4) is 0 Å². The largest absolute Gasteiger partial charge is 0.450 e. The molecule has 0 N–H and O–H groups in total. The fourth-order valence-electron chi connectivity index (χ4n) is 1.56. The summed E-state index contributed by atoms with van der Waals surface area (Å²) in [5.41, 5.74) is -0.192. The SMILES string of the molecule is CN(C)C(=O)COC(=O)c1cc(=O)c2cc(Cl)ccc2o1. The van der Waals surface area contributed by atoms with Crippen LogP contribution in [0.25, 0.3) is 11.0 Å². The van der Waals surface area contributed by atoms with Crippen molar-refractivity contribution in [2.24, 2.45) is 0 Å². The number of likely N-dealkylation sites (N-methyl/N-ethyl adjacent to an activating group) is 1. The zero-order chi connectivity index (χ0) is 15.6. The van der Waals surface area contributed by atoms with Gasteiger partial charge in [-0.25, -0.2) is 4.79 Å². The van der Waals surface area contributed by atoms with Gasteiger partial charge >= 0.3 is 5.97 Å². The molecule has 110 valence electrons. The molecular formula is C14H12ClNO5. The van der Waals surface area contributed by atoms with Crippen LogP contribution in [0.2, 0.25) is 5.02 Å². The molecule has 2 aromatic rings. The van der Waals surface area contributed by atoms with Crippen LogP contribution in [-0.2, 0) is 9.53 Å². The summed E-state index contributed by atoms with van der Waals surface area (Å²) in [5, 5.41) is 0.658. The van der Waals surface area contributed by atoms with E-state index in [0.717, 1.165) is 6.07 Å². The molecule has 0 aliphatic heterocycles. The summed E-state index contributed by atoms with van der Waals surface area (Å²) in [5.74, 6) is -1.52. The Hall–Kier alpha value is -2.34. The first kappa shape index (κ1) is 15.1. The molecule has 0 saturated carbocycles. The molecule has 0 saturated heterocycles. The number of hydrogen-bond acceptors (Lipinski definition) is 5. The summed E-state index contributed by atoms with van der Waals surface area (Å²) in [6, 6.07) is 5.49. The quantitative estimate of drug-likeness (QED) is 0.806. The van der Waals surface area contributed by atoms with Crippen LogP contribution in [0, 0.1) is 0 Å². The average Bonchev–Trinajstić information content (AvgIpc) is 2.44. The van der Waals surface area contributed by atoms with E-state index < -0.39 is 18.0 Å². The third kappa shape index (κ3) is 3.41. The minimum Gasteiger partial charge on any atom is -0.450 e. The highest BCUT2D eigenvalue weighted by Crippen LogP contribution is 2.17. The van der Waals surface area contributed by atoms with E-state index in [1.165, 1.54) is 37.2 Å². The van der Waals surface area contributed by atoms with Crippen molar-refractivity contribution in [1.29, 1.82) is 0 Å². The number of esters is 1. The van der Waals surface area contributed by atoms with Gasteiger partial charge in [-0.15, -0.1) is 0 Å². The van der Waals surface area contributed by atoms with Crippen LogP contribution in [0.15, 0.2) is 33.5 Å². The lowest BCUT2D eigenvalue weighted by molar-refractivity contribution is -0.132. The molecule has 0 aliphatic rings. The molecule has 1 heterocycles. The highest BCUT2D eigenvalue weighted by Gasteiger charge is 2.16. The van der Waals surface area contributed by atoms with Crippen molar-refractivity contribution >= 4 is 34.4 Å². The smallest absolute Gasteiger partial charge is 0.374 e. The van der Waals surface area contributed by atoms with Gasteiger partial charge in [-0.3, -0.25) is 9.59 Å². The summed E-state index contributed by atoms with van der Waals surface area (Å²) in [7, 11) is 3.08. The van der Waals surface area contributed by atoms with Crippen LogP contribution in [0.1, 0.15) is 10.6 Å². The second-order valence-corrected chi connectivity index (χ2v) is 4.92. The molecule has 2 rings (SSSR count). The van der Waals surface area contributed by atoms with Crippen molar-refractivity contribution in [2.75, 3.05) is 20.7 Å². The summed E-state index contributed by atoms with van der Waals surface area (Å²) >= 11 is 5.79. The number of halogens is 1. The Kier molecular flexibility index (Phi) is 4.28. The fraction of sp³-hybridized carbons (Fsp3) is 0.214. The highest BCUT2D eigenvalue weighted by atomic mass is 35.5. The average molecular weight is 310 g/mol. The van der Waals surface area contributed by atoms with Gasteiger partial charge in [0, 0.05) is 25.2 Å². The van der Waals surface area contributed by atoms with Crippen LogP contribution in [-0.4, -0.2) is 37.5 Å². The van der Waals surface area contributed by atoms with Crippen molar-refractivity contribution in [3.05, 3.63) is 45.3 Å². The molecule has 1 aromatic carbocycles. The number of benzene rings is 1. The Morgan fingerprint density at radius 1 is 1.29 bits per heavy atom. The number of nitrogens with zero attached hydrogens (tertiary/aromatic N) is 1. The second kappa shape index (κ2) is 5.97. The monoisotopic (exact) mass is 309 g/mol. The van der Waals surface area contributed by atoms with Gasteiger partial charge in [0.15, 0.2) is 12.0 Å². The lowest BCUT2D eigenvalue weighted by atomic mass is 10.2. The van der Waals surface area contributed by atoms with Gasteiger partial charge in [0.2, 0.25) is 5.76 Å². The van der Waals surface area contributed by atoms with Crippen molar-refractivity contribution in [2.45, 2.75) is 0 Å². The number of carbonyl (C=O) groups excluding carboxylic acids is 2. The first-order valence-corrected chi connectivity index (χ1v) is 6.37. The van der Waals surface area contributed by atoms with E-state index >= 15 is 0 Å². The molecule has 0 atom stereocenters. The van der Waals surface area contributed by atoms with E-state index in [1.54, 1.807) is 0 Å². The summed E-state index contributed by atoms with van der Waals surface area (Å²) < 4.78 is 10.1. The van der Waals surface area contributed by atoms with Gasteiger partial charge in [0.25, 0.3) is 5.91 Å². The second-order valence-electron chi connectivity index (χ2n) is 4.48. The topological polar surface area (TPSA) is 76.8 Å². The fourth-order valence-corrected chi connectivity index (χ4v) is 1.73. The molecule has 0 fully saturated rings. The predicted molar refractivity (Wildman–Crippen MR) is 76.5 cm³/mol. The molecule has 7 heteroatoms. The number of ether oxygens (including phenoxy) is 1. The molecule has 1 aromatic heterocycles. The number of amides is 1. The molecular weight excluding hydrogens is 298 g/mol. The van der Waals surface area contributed by atoms with E-state index in [0.29, 0.717) is 5.02 Å². The summed E-state index contributed by atoms with van der Waals surface area (Å²) in [6.45, 7) is -0.422. The zero-order valence-corrected chi connectivity index (χ0v) is 12.1. The lowest BCUT2D eigenvalue weighted by Crippen LogP contribution is -2.27. The lowest BCUT2D eigenvalue weighted by Gasteiger charge is -2.10. The Labute approximate surface area is 124 Å². The van der Waals surface area contributed by atoms with Crippen molar-refractivity contribution in [3.63, 3.8) is 0 Å². The van der Waals surface area contributed by atoms with Crippen LogP contribution >= 0.6 is 11.6 Å². The normalized spacial score (nSPS) is 10.4. The van der Waals surface area contributed by atoms with Gasteiger partial charge in [0.1, 0.15) is 5.58 Å². The molecule has 6 nitrogen and oxygen atoms in total. The third-order valence-electron chi connectivity index (χ3n) is 2.72. The Morgan fingerprint density at radius 3 is 2.67 bits per heavy atom. The number of carbonyl (C=O) groups is 2. The van der Waals surface area contributed by atoms with Gasteiger partial charge in [0.05, 0.1) is 5.39 Å². The number of fused-ring (bicyclic) bond motifs is 1. The molecule has 0 spiro atoms. The molecule has 0 radical (unpaired) electrons. The molecule has 0 aliphatic carbocycles. The van der Waals surface area contributed by atoms with Crippen LogP contribution in [0.4, 0.5) is 0 Å². The zero-order valence-electron chi connectivity index (χ0n) is 11.4. The molecule has 0 unspecified atom stereocenters. The molecule has 1 amide bonds. The van der Waals surface area contributed by atoms with Gasteiger partial charge in [-0.05, 0) is 18.2 Å². The summed E-state index contributed by atoms with van der Waals surface area (Å²) in [4.78, 5) is 36.3. The standard InChI is InChI=1S/C14H12ClNO5/c1-16(2)13(18)7-20-14(19)12-6-10(17)9-5-8(15)3-4-11(9)21-12/h3-6H,7H2,1-2H3. The Bertz CT molecular complexity index is 766. The first-order valence-electron chi connectivity index (χ1n) is 5.99. The van der Waals surface area contributed by atoms with Gasteiger partial charge in [-0.1, -0.05) is 11.6 Å². The highest BCUT2D eigenvalue weighted by molar-refractivity contribution is 6.31. The number of rotatable bonds is 3. The molecule has 0 bridgehead atoms. The van der Waals surface area contributed by atoms with Gasteiger partial charge in [-0.2, -0.15) is 0 Å². The van der Waals surface area contributed by atoms with Crippen LogP contribution < -0.4 is 5.43 Å². The maximum absolute atomic E-state index is 11.9. The van der Waals surface area contributed by atoms with E-state index in [1.807, 2.05) is 0 Å². The molecule has 21 heavy (non-hydrogen) atoms. The maximum Gasteiger partial charge on any atom is 0.374 e. The first-order chi connectivity index (χ1) is 9.88.